The van der Waals surface area contributed by atoms with Crippen LogP contribution in [-0.2, 0) is 18.3 Å². The molecule has 2 aromatic carbocycles. The van der Waals surface area contributed by atoms with Crippen LogP contribution in [0.2, 0.25) is 0 Å². The largest absolute Gasteiger partial charge is 0.353 e. The third-order valence-electron chi connectivity index (χ3n) is 5.76. The van der Waals surface area contributed by atoms with Crippen LogP contribution in [0.4, 0.5) is 10.3 Å². The molecule has 1 atom stereocenters. The van der Waals surface area contributed by atoms with Crippen LogP contribution in [0.1, 0.15) is 5.56 Å². The highest BCUT2D eigenvalue weighted by Crippen LogP contribution is 2.28. The molecule has 9 heteroatoms. The molecule has 4 N–H and O–H groups in total. The number of rotatable bonds is 9. The van der Waals surface area contributed by atoms with Crippen molar-refractivity contribution < 1.29 is 9.18 Å². The van der Waals surface area contributed by atoms with E-state index in [0.717, 1.165) is 5.56 Å². The zero-order chi connectivity index (χ0) is 25.5. The molecule has 0 radical (unpaired) electrons. The van der Waals surface area contributed by atoms with E-state index in [-0.39, 0.29) is 24.1 Å². The maximum absolute atomic E-state index is 13.6. The number of carbonyl (C=O) groups excluding carboxylic acids is 1. The highest BCUT2D eigenvalue weighted by Gasteiger charge is 2.19. The lowest BCUT2D eigenvalue weighted by Crippen LogP contribution is -2.44. The van der Waals surface area contributed by atoms with E-state index in [1.54, 1.807) is 43.7 Å². The molecular formula is C27H27FN6O2. The lowest BCUT2D eigenvalue weighted by molar-refractivity contribution is -0.120. The van der Waals surface area contributed by atoms with E-state index in [1.807, 2.05) is 30.3 Å². The standard InChI is InChI=1S/C27H27FN6O2/c1-34-26(36)24(19-7-9-21(28)10-8-19)25(20-11-13-30-14-12-20)33-27(34)31-17-22(32-23(35)16-29)15-18-5-3-2-4-6-18/h2-14,22H,15-17,29H2,1H3,(H,31,33)(H,32,35)/t22-/m0/s1. The van der Waals surface area contributed by atoms with Gasteiger partial charge in [0.25, 0.3) is 5.56 Å². The van der Waals surface area contributed by atoms with Gasteiger partial charge in [-0.3, -0.25) is 19.1 Å². The van der Waals surface area contributed by atoms with E-state index in [2.05, 4.69) is 15.6 Å². The van der Waals surface area contributed by atoms with Crippen LogP contribution in [0.3, 0.4) is 0 Å². The Hall–Kier alpha value is -4.37. The Labute approximate surface area is 208 Å². The molecule has 4 rings (SSSR count). The lowest BCUT2D eigenvalue weighted by Gasteiger charge is -2.21. The Kier molecular flexibility index (Phi) is 7.82. The average Bonchev–Trinajstić information content (AvgIpc) is 2.91. The zero-order valence-electron chi connectivity index (χ0n) is 19.8. The van der Waals surface area contributed by atoms with Gasteiger partial charge in [0.1, 0.15) is 5.82 Å². The smallest absolute Gasteiger partial charge is 0.263 e. The second kappa shape index (κ2) is 11.4. The first-order valence-corrected chi connectivity index (χ1v) is 11.5. The Balaban J connectivity index is 1.70. The first kappa shape index (κ1) is 24.7. The van der Waals surface area contributed by atoms with Crippen LogP contribution in [-0.4, -0.2) is 39.6 Å². The summed E-state index contributed by atoms with van der Waals surface area (Å²) < 4.78 is 15.0. The quantitative estimate of drug-likeness (QED) is 0.335. The van der Waals surface area contributed by atoms with E-state index < -0.39 is 5.82 Å². The number of amides is 1. The molecule has 0 spiro atoms. The molecule has 0 fully saturated rings. The van der Waals surface area contributed by atoms with Crippen LogP contribution in [0.15, 0.2) is 83.9 Å². The molecule has 0 saturated heterocycles. The van der Waals surface area contributed by atoms with Gasteiger partial charge in [-0.2, -0.15) is 0 Å². The first-order valence-electron chi connectivity index (χ1n) is 11.5. The van der Waals surface area contributed by atoms with Crippen molar-refractivity contribution in [2.24, 2.45) is 12.8 Å². The van der Waals surface area contributed by atoms with E-state index in [0.29, 0.717) is 41.3 Å². The van der Waals surface area contributed by atoms with Gasteiger partial charge in [-0.05, 0) is 41.8 Å². The van der Waals surface area contributed by atoms with E-state index in [9.17, 15) is 14.0 Å². The molecule has 0 aliphatic heterocycles. The Morgan fingerprint density at radius 2 is 1.72 bits per heavy atom. The summed E-state index contributed by atoms with van der Waals surface area (Å²) in [6, 6.07) is 18.7. The summed E-state index contributed by atoms with van der Waals surface area (Å²) >= 11 is 0. The number of nitrogens with one attached hydrogen (secondary N) is 2. The second-order valence-electron chi connectivity index (χ2n) is 8.31. The molecule has 0 aliphatic carbocycles. The minimum atomic E-state index is -0.392. The van der Waals surface area contributed by atoms with Crippen LogP contribution in [0.25, 0.3) is 22.4 Å². The monoisotopic (exact) mass is 486 g/mol. The third kappa shape index (κ3) is 5.81. The Bertz CT molecular complexity index is 1380. The van der Waals surface area contributed by atoms with Gasteiger partial charge in [-0.25, -0.2) is 9.37 Å². The fourth-order valence-electron chi connectivity index (χ4n) is 3.93. The molecule has 2 aromatic heterocycles. The number of benzene rings is 2. The van der Waals surface area contributed by atoms with Gasteiger partial charge in [0.15, 0.2) is 0 Å². The summed E-state index contributed by atoms with van der Waals surface area (Å²) in [4.78, 5) is 34.4. The summed E-state index contributed by atoms with van der Waals surface area (Å²) in [6.07, 6.45) is 3.81. The first-order chi connectivity index (χ1) is 17.5. The number of aromatic nitrogens is 3. The number of nitrogens with two attached hydrogens (primary N) is 1. The SMILES string of the molecule is Cn1c(NC[C@H](Cc2ccccc2)NC(=O)CN)nc(-c2ccncc2)c(-c2ccc(F)cc2)c1=O. The summed E-state index contributed by atoms with van der Waals surface area (Å²) in [5.74, 6) is -0.335. The van der Waals surface area contributed by atoms with E-state index >= 15 is 0 Å². The normalized spacial score (nSPS) is 11.6. The highest BCUT2D eigenvalue weighted by molar-refractivity contribution is 5.81. The number of nitrogens with zero attached hydrogens (tertiary/aromatic N) is 3. The van der Waals surface area contributed by atoms with Crippen molar-refractivity contribution in [2.75, 3.05) is 18.4 Å². The van der Waals surface area contributed by atoms with Crippen molar-refractivity contribution in [3.05, 3.63) is 101 Å². The van der Waals surface area contributed by atoms with Crippen molar-refractivity contribution in [2.45, 2.75) is 12.5 Å². The van der Waals surface area contributed by atoms with Gasteiger partial charge in [0.05, 0.1) is 23.8 Å². The molecule has 8 nitrogen and oxygen atoms in total. The Morgan fingerprint density at radius 3 is 2.39 bits per heavy atom. The van der Waals surface area contributed by atoms with Crippen molar-refractivity contribution >= 4 is 11.9 Å². The Morgan fingerprint density at radius 1 is 1.03 bits per heavy atom. The fourth-order valence-corrected chi connectivity index (χ4v) is 3.93. The van der Waals surface area contributed by atoms with Crippen molar-refractivity contribution in [1.82, 2.24) is 19.9 Å². The third-order valence-corrected chi connectivity index (χ3v) is 5.76. The van der Waals surface area contributed by atoms with E-state index in [1.165, 1.54) is 16.7 Å². The van der Waals surface area contributed by atoms with Crippen molar-refractivity contribution in [3.8, 4) is 22.4 Å². The molecule has 4 aromatic rings. The van der Waals surface area contributed by atoms with Gasteiger partial charge in [0.2, 0.25) is 11.9 Å². The van der Waals surface area contributed by atoms with Crippen LogP contribution < -0.4 is 21.9 Å². The summed E-state index contributed by atoms with van der Waals surface area (Å²) in [6.45, 7) is 0.188. The number of hydrogen-bond acceptors (Lipinski definition) is 6. The summed E-state index contributed by atoms with van der Waals surface area (Å²) in [5, 5.41) is 6.15. The fraction of sp³-hybridized carbons (Fsp3) is 0.185. The van der Waals surface area contributed by atoms with Crippen molar-refractivity contribution in [1.29, 1.82) is 0 Å². The topological polar surface area (TPSA) is 115 Å². The molecule has 0 bridgehead atoms. The number of anilines is 1. The molecule has 0 aliphatic rings. The number of halogens is 1. The average molecular weight is 487 g/mol. The summed E-state index contributed by atoms with van der Waals surface area (Å²) in [7, 11) is 1.62. The summed E-state index contributed by atoms with van der Waals surface area (Å²) in [5.41, 5.74) is 8.32. The zero-order valence-corrected chi connectivity index (χ0v) is 19.8. The minimum Gasteiger partial charge on any atom is -0.353 e. The number of carbonyl (C=O) groups is 1. The second-order valence-corrected chi connectivity index (χ2v) is 8.31. The minimum absolute atomic E-state index is 0.124. The van der Waals surface area contributed by atoms with Gasteiger partial charge < -0.3 is 16.4 Å². The number of pyridine rings is 1. The molecule has 0 saturated carbocycles. The van der Waals surface area contributed by atoms with Crippen LogP contribution in [0.5, 0.6) is 0 Å². The van der Waals surface area contributed by atoms with Crippen molar-refractivity contribution in [3.63, 3.8) is 0 Å². The molecule has 1 amide bonds. The van der Waals surface area contributed by atoms with E-state index in [4.69, 9.17) is 10.7 Å². The predicted molar refractivity (Wildman–Crippen MR) is 138 cm³/mol. The molecule has 36 heavy (non-hydrogen) atoms. The van der Waals surface area contributed by atoms with Crippen LogP contribution in [0, 0.1) is 5.82 Å². The lowest BCUT2D eigenvalue weighted by atomic mass is 10.0. The maximum Gasteiger partial charge on any atom is 0.263 e. The van der Waals surface area contributed by atoms with Gasteiger partial charge >= 0.3 is 0 Å². The molecular weight excluding hydrogens is 459 g/mol. The molecule has 2 heterocycles. The number of hydrogen-bond donors (Lipinski definition) is 3. The van der Waals surface area contributed by atoms with Gasteiger partial charge in [0, 0.05) is 31.5 Å². The van der Waals surface area contributed by atoms with Crippen LogP contribution >= 0.6 is 0 Å². The van der Waals surface area contributed by atoms with Gasteiger partial charge in [-0.1, -0.05) is 42.5 Å². The maximum atomic E-state index is 13.6. The predicted octanol–water partition coefficient (Wildman–Crippen LogP) is 2.75. The molecule has 0 unspecified atom stereocenters. The highest BCUT2D eigenvalue weighted by atomic mass is 19.1. The molecule has 184 valence electrons. The van der Waals surface area contributed by atoms with Gasteiger partial charge in [-0.15, -0.1) is 0 Å².